The summed E-state index contributed by atoms with van der Waals surface area (Å²) in [5.74, 6) is 0.940. The minimum atomic E-state index is -0.102. The summed E-state index contributed by atoms with van der Waals surface area (Å²) in [6.07, 6.45) is 1.22. The van der Waals surface area contributed by atoms with Crippen molar-refractivity contribution in [1.82, 2.24) is 15.5 Å². The van der Waals surface area contributed by atoms with E-state index >= 15 is 0 Å². The van der Waals surface area contributed by atoms with Crippen LogP contribution < -0.4 is 5.32 Å². The predicted molar refractivity (Wildman–Crippen MR) is 89.0 cm³/mol. The predicted octanol–water partition coefficient (Wildman–Crippen LogP) is 2.64. The second-order valence-corrected chi connectivity index (χ2v) is 7.44. The second-order valence-electron chi connectivity index (χ2n) is 6.49. The molecule has 6 nitrogen and oxygen atoms in total. The number of aliphatic hydroxyl groups excluding tert-OH is 1. The molecule has 0 spiro atoms. The smallest absolute Gasteiger partial charge is 0.227 e. The number of rotatable bonds is 7. The molecule has 2 aromatic heterocycles. The van der Waals surface area contributed by atoms with Crippen LogP contribution in [0.4, 0.5) is 0 Å². The highest BCUT2D eigenvalue weighted by Gasteiger charge is 2.25. The zero-order chi connectivity index (χ0) is 16.9. The van der Waals surface area contributed by atoms with Crippen LogP contribution in [0.15, 0.2) is 22.0 Å². The molecule has 1 unspecified atom stereocenters. The number of hydrogen-bond donors (Lipinski definition) is 2. The fourth-order valence-corrected chi connectivity index (χ4v) is 2.85. The Morgan fingerprint density at radius 2 is 2.26 bits per heavy atom. The highest BCUT2D eigenvalue weighted by molar-refractivity contribution is 7.13. The largest absolute Gasteiger partial charge is 0.396 e. The van der Waals surface area contributed by atoms with Crippen molar-refractivity contribution in [3.63, 3.8) is 0 Å². The lowest BCUT2D eigenvalue weighted by molar-refractivity contribution is -0.122. The van der Waals surface area contributed by atoms with Crippen molar-refractivity contribution >= 4 is 17.2 Å². The summed E-state index contributed by atoms with van der Waals surface area (Å²) in [7, 11) is 0. The van der Waals surface area contributed by atoms with Crippen LogP contribution in [0, 0.1) is 5.41 Å². The minimum Gasteiger partial charge on any atom is -0.396 e. The van der Waals surface area contributed by atoms with E-state index in [0.29, 0.717) is 24.6 Å². The third-order valence-electron chi connectivity index (χ3n) is 3.57. The molecule has 0 aromatic carbocycles. The molecule has 0 saturated carbocycles. The van der Waals surface area contributed by atoms with E-state index in [0.717, 1.165) is 4.88 Å². The average molecular weight is 337 g/mol. The minimum absolute atomic E-state index is 0.0516. The van der Waals surface area contributed by atoms with Gasteiger partial charge in [0.25, 0.3) is 0 Å². The molecule has 2 heterocycles. The van der Waals surface area contributed by atoms with E-state index in [1.165, 1.54) is 0 Å². The van der Waals surface area contributed by atoms with Gasteiger partial charge >= 0.3 is 0 Å². The Morgan fingerprint density at radius 3 is 2.87 bits per heavy atom. The van der Waals surface area contributed by atoms with E-state index in [9.17, 15) is 4.79 Å². The molecular formula is C16H23N3O3S. The third-order valence-corrected chi connectivity index (χ3v) is 4.44. The number of thiophene rings is 1. The summed E-state index contributed by atoms with van der Waals surface area (Å²) in [5.41, 5.74) is -0.102. The number of carbonyl (C=O) groups is 1. The maximum Gasteiger partial charge on any atom is 0.227 e. The van der Waals surface area contributed by atoms with Crippen LogP contribution in [0.5, 0.6) is 0 Å². The molecule has 7 heteroatoms. The van der Waals surface area contributed by atoms with E-state index in [1.807, 2.05) is 38.3 Å². The lowest BCUT2D eigenvalue weighted by atomic mass is 9.85. The molecule has 2 rings (SSSR count). The Morgan fingerprint density at radius 1 is 1.48 bits per heavy atom. The number of carbonyl (C=O) groups excluding carboxylic acids is 1. The number of aromatic nitrogens is 2. The van der Waals surface area contributed by atoms with Crippen molar-refractivity contribution in [3.8, 4) is 10.7 Å². The Balaban J connectivity index is 1.87. The number of aryl methyl sites for hydroxylation is 1. The quantitative estimate of drug-likeness (QED) is 0.811. The molecule has 0 aliphatic heterocycles. The van der Waals surface area contributed by atoms with Crippen molar-refractivity contribution < 1.29 is 14.4 Å². The molecule has 126 valence electrons. The van der Waals surface area contributed by atoms with Gasteiger partial charge in [-0.25, -0.2) is 0 Å². The van der Waals surface area contributed by atoms with Gasteiger partial charge in [-0.1, -0.05) is 32.0 Å². The third kappa shape index (κ3) is 5.14. The van der Waals surface area contributed by atoms with Crippen molar-refractivity contribution in [1.29, 1.82) is 0 Å². The van der Waals surface area contributed by atoms with Gasteiger partial charge in [-0.2, -0.15) is 4.98 Å². The molecule has 1 atom stereocenters. The van der Waals surface area contributed by atoms with Gasteiger partial charge in [-0.3, -0.25) is 4.79 Å². The second kappa shape index (κ2) is 7.70. The summed E-state index contributed by atoms with van der Waals surface area (Å²) in [6, 6.07) is 3.79. The van der Waals surface area contributed by atoms with Gasteiger partial charge in [0.2, 0.25) is 17.6 Å². The average Bonchev–Trinajstić information content (AvgIpc) is 3.14. The summed E-state index contributed by atoms with van der Waals surface area (Å²) in [6.45, 7) is 6.17. The molecule has 0 aliphatic rings. The molecule has 0 aliphatic carbocycles. The molecule has 2 N–H and O–H groups in total. The highest BCUT2D eigenvalue weighted by atomic mass is 32.1. The van der Waals surface area contributed by atoms with Crippen LogP contribution in [0.1, 0.15) is 39.5 Å². The van der Waals surface area contributed by atoms with Gasteiger partial charge in [-0.15, -0.1) is 11.3 Å². The maximum atomic E-state index is 12.1. The molecule has 0 bridgehead atoms. The molecule has 23 heavy (non-hydrogen) atoms. The van der Waals surface area contributed by atoms with E-state index < -0.39 is 0 Å². The summed E-state index contributed by atoms with van der Waals surface area (Å²) in [5, 5.41) is 18.0. The van der Waals surface area contributed by atoms with Crippen LogP contribution in [0.3, 0.4) is 0 Å². The topological polar surface area (TPSA) is 88.2 Å². The monoisotopic (exact) mass is 337 g/mol. The number of amides is 1. The first-order valence-electron chi connectivity index (χ1n) is 7.67. The van der Waals surface area contributed by atoms with Crippen LogP contribution >= 0.6 is 11.3 Å². The Hall–Kier alpha value is -1.73. The molecule has 1 amide bonds. The Labute approximate surface area is 139 Å². The van der Waals surface area contributed by atoms with E-state index in [2.05, 4.69) is 15.5 Å². The standard InChI is InChI=1S/C16H23N3O3S/c1-16(2,3)12(8-9-20)17-13(21)6-7-14-18-15(19-22-14)11-5-4-10-23-11/h4-5,10,12,20H,6-9H2,1-3H3,(H,17,21). The van der Waals surface area contributed by atoms with Gasteiger partial charge in [-0.05, 0) is 23.3 Å². The number of aliphatic hydroxyl groups is 1. The van der Waals surface area contributed by atoms with Gasteiger partial charge < -0.3 is 14.9 Å². The van der Waals surface area contributed by atoms with Gasteiger partial charge in [0.05, 0.1) is 4.88 Å². The fraction of sp³-hybridized carbons (Fsp3) is 0.562. The summed E-state index contributed by atoms with van der Waals surface area (Å²) < 4.78 is 5.18. The van der Waals surface area contributed by atoms with E-state index in [4.69, 9.17) is 9.63 Å². The zero-order valence-electron chi connectivity index (χ0n) is 13.7. The van der Waals surface area contributed by atoms with Crippen LogP contribution in [-0.2, 0) is 11.2 Å². The van der Waals surface area contributed by atoms with Gasteiger partial charge in [0.15, 0.2) is 0 Å². The first-order valence-corrected chi connectivity index (χ1v) is 8.55. The normalized spacial score (nSPS) is 13.0. The summed E-state index contributed by atoms with van der Waals surface area (Å²) in [4.78, 5) is 17.3. The molecular weight excluding hydrogens is 314 g/mol. The van der Waals surface area contributed by atoms with Gasteiger partial charge in [0, 0.05) is 25.5 Å². The first-order chi connectivity index (χ1) is 10.9. The first kappa shape index (κ1) is 17.6. The lowest BCUT2D eigenvalue weighted by Crippen LogP contribution is -2.44. The maximum absolute atomic E-state index is 12.1. The van der Waals surface area contributed by atoms with Crippen LogP contribution in [0.25, 0.3) is 10.7 Å². The number of hydrogen-bond acceptors (Lipinski definition) is 6. The zero-order valence-corrected chi connectivity index (χ0v) is 14.5. The van der Waals surface area contributed by atoms with Crippen molar-refractivity contribution in [2.24, 2.45) is 5.41 Å². The van der Waals surface area contributed by atoms with Crippen LogP contribution in [0.2, 0.25) is 0 Å². The number of nitrogens with one attached hydrogen (secondary N) is 1. The van der Waals surface area contributed by atoms with Crippen molar-refractivity contribution in [3.05, 3.63) is 23.4 Å². The van der Waals surface area contributed by atoms with E-state index in [-0.39, 0.29) is 30.4 Å². The Kier molecular flexibility index (Phi) is 5.90. The fourth-order valence-electron chi connectivity index (χ4n) is 2.20. The van der Waals surface area contributed by atoms with Gasteiger partial charge in [0.1, 0.15) is 0 Å². The number of nitrogens with zero attached hydrogens (tertiary/aromatic N) is 2. The van der Waals surface area contributed by atoms with Crippen LogP contribution in [-0.4, -0.2) is 33.8 Å². The molecule has 0 fully saturated rings. The van der Waals surface area contributed by atoms with E-state index in [1.54, 1.807) is 11.3 Å². The SMILES string of the molecule is CC(C)(C)C(CCO)NC(=O)CCc1nc(-c2cccs2)no1. The summed E-state index contributed by atoms with van der Waals surface area (Å²) >= 11 is 1.54. The molecule has 2 aromatic rings. The lowest BCUT2D eigenvalue weighted by Gasteiger charge is -2.31. The van der Waals surface area contributed by atoms with Crippen molar-refractivity contribution in [2.75, 3.05) is 6.61 Å². The highest BCUT2D eigenvalue weighted by Crippen LogP contribution is 2.23. The van der Waals surface area contributed by atoms with Crippen molar-refractivity contribution in [2.45, 2.75) is 46.1 Å². The Bertz CT molecular complexity index is 617. The molecule has 0 radical (unpaired) electrons. The molecule has 0 saturated heterocycles.